The Hall–Kier alpha value is -1.20. The number of ether oxygens (including phenoxy) is 2. The largest absolute Gasteiger partial charge is 0.434 e. The second kappa shape index (κ2) is 14.7. The number of aryl methyl sites for hydroxylation is 1. The molecule has 1 fully saturated rings. The van der Waals surface area contributed by atoms with E-state index in [9.17, 15) is 8.78 Å². The number of likely N-dealkylation sites (tertiary alicyclic amines) is 1. The number of nitrogens with one attached hydrogen (secondary N) is 2. The van der Waals surface area contributed by atoms with E-state index in [1.807, 2.05) is 19.9 Å². The first-order valence-electron chi connectivity index (χ1n) is 10.3. The van der Waals surface area contributed by atoms with Crippen LogP contribution in [0, 0.1) is 12.8 Å². The van der Waals surface area contributed by atoms with Gasteiger partial charge >= 0.3 is 6.61 Å². The number of halogens is 3. The van der Waals surface area contributed by atoms with Crippen molar-refractivity contribution in [3.63, 3.8) is 0 Å². The average molecular weight is 540 g/mol. The van der Waals surface area contributed by atoms with Gasteiger partial charge in [-0.2, -0.15) is 8.78 Å². The van der Waals surface area contributed by atoms with Crippen molar-refractivity contribution >= 4 is 29.9 Å². The molecule has 172 valence electrons. The molecule has 1 aliphatic heterocycles. The summed E-state index contributed by atoms with van der Waals surface area (Å²) in [6, 6.07) is 5.16. The molecular formula is C21H35F2IN4O2. The van der Waals surface area contributed by atoms with Crippen molar-refractivity contribution in [3.8, 4) is 5.75 Å². The van der Waals surface area contributed by atoms with Crippen molar-refractivity contribution in [1.82, 2.24) is 15.5 Å². The van der Waals surface area contributed by atoms with Gasteiger partial charge in [-0.15, -0.1) is 24.0 Å². The van der Waals surface area contributed by atoms with Crippen molar-refractivity contribution in [2.75, 3.05) is 46.4 Å². The minimum absolute atomic E-state index is 0. The van der Waals surface area contributed by atoms with Crippen LogP contribution in [0.4, 0.5) is 8.78 Å². The highest BCUT2D eigenvalue weighted by Crippen LogP contribution is 2.23. The van der Waals surface area contributed by atoms with Crippen LogP contribution in [0.3, 0.4) is 0 Å². The Morgan fingerprint density at radius 2 is 2.00 bits per heavy atom. The number of rotatable bonds is 10. The molecule has 0 bridgehead atoms. The normalized spacial score (nSPS) is 15.7. The predicted molar refractivity (Wildman–Crippen MR) is 127 cm³/mol. The van der Waals surface area contributed by atoms with Gasteiger partial charge in [0, 0.05) is 32.3 Å². The number of hydrogen-bond acceptors (Lipinski definition) is 4. The molecule has 0 unspecified atom stereocenters. The summed E-state index contributed by atoms with van der Waals surface area (Å²) in [7, 11) is 1.73. The Kier molecular flexibility index (Phi) is 13.2. The molecule has 0 spiro atoms. The number of hydrogen-bond donors (Lipinski definition) is 2. The highest BCUT2D eigenvalue weighted by Gasteiger charge is 2.19. The Morgan fingerprint density at radius 3 is 2.63 bits per heavy atom. The van der Waals surface area contributed by atoms with Gasteiger partial charge in [-0.1, -0.05) is 17.7 Å². The lowest BCUT2D eigenvalue weighted by Crippen LogP contribution is -2.43. The van der Waals surface area contributed by atoms with E-state index < -0.39 is 6.61 Å². The van der Waals surface area contributed by atoms with E-state index in [-0.39, 0.29) is 36.3 Å². The molecule has 1 aliphatic rings. The summed E-state index contributed by atoms with van der Waals surface area (Å²) in [6.07, 6.45) is 2.28. The van der Waals surface area contributed by atoms with Crippen LogP contribution >= 0.6 is 24.0 Å². The van der Waals surface area contributed by atoms with Gasteiger partial charge in [0.15, 0.2) is 5.96 Å². The van der Waals surface area contributed by atoms with E-state index in [2.05, 4.69) is 25.3 Å². The Balaban J connectivity index is 0.00000450. The predicted octanol–water partition coefficient (Wildman–Crippen LogP) is 3.63. The second-order valence-corrected chi connectivity index (χ2v) is 7.34. The van der Waals surface area contributed by atoms with Crippen LogP contribution in [0.25, 0.3) is 0 Å². The van der Waals surface area contributed by atoms with Gasteiger partial charge in [0.05, 0.1) is 13.2 Å². The monoisotopic (exact) mass is 540 g/mol. The number of aliphatic imine (C=N–C) groups is 1. The van der Waals surface area contributed by atoms with Gasteiger partial charge in [0.25, 0.3) is 0 Å². The third-order valence-corrected chi connectivity index (χ3v) is 5.06. The van der Waals surface area contributed by atoms with Gasteiger partial charge in [0.1, 0.15) is 5.75 Å². The molecule has 0 radical (unpaired) electrons. The number of nitrogens with zero attached hydrogens (tertiary/aromatic N) is 2. The number of piperidine rings is 1. The van der Waals surface area contributed by atoms with Crippen LogP contribution in [-0.2, 0) is 11.3 Å². The van der Waals surface area contributed by atoms with Crippen molar-refractivity contribution < 1.29 is 18.3 Å². The van der Waals surface area contributed by atoms with Crippen molar-refractivity contribution in [2.45, 2.75) is 39.8 Å². The van der Waals surface area contributed by atoms with Crippen LogP contribution < -0.4 is 15.4 Å². The lowest BCUT2D eigenvalue weighted by molar-refractivity contribution is -0.0504. The molecular weight excluding hydrogens is 505 g/mol. The third kappa shape index (κ3) is 9.74. The van der Waals surface area contributed by atoms with Gasteiger partial charge in [-0.25, -0.2) is 4.99 Å². The maximum absolute atomic E-state index is 12.7. The minimum atomic E-state index is -2.85. The zero-order chi connectivity index (χ0) is 21.1. The van der Waals surface area contributed by atoms with Crippen LogP contribution in [0.1, 0.15) is 30.9 Å². The summed E-state index contributed by atoms with van der Waals surface area (Å²) in [4.78, 5) is 7.01. The van der Waals surface area contributed by atoms with E-state index in [1.54, 1.807) is 19.2 Å². The first-order valence-corrected chi connectivity index (χ1v) is 10.3. The first-order chi connectivity index (χ1) is 14.0. The highest BCUT2D eigenvalue weighted by atomic mass is 127. The summed E-state index contributed by atoms with van der Waals surface area (Å²) in [5.74, 6) is 1.46. The lowest BCUT2D eigenvalue weighted by atomic mass is 9.97. The molecule has 6 nitrogen and oxygen atoms in total. The SMILES string of the molecule is CCNC(=NCc1cc(C)ccc1OC(F)F)NCC1CCN(CCOC)CC1.I. The van der Waals surface area contributed by atoms with Crippen LogP contribution in [-0.4, -0.2) is 63.9 Å². The molecule has 0 aromatic heterocycles. The number of methoxy groups -OCH3 is 1. The van der Waals surface area contributed by atoms with Gasteiger partial charge in [-0.05, 0) is 51.8 Å². The topological polar surface area (TPSA) is 58.1 Å². The molecule has 1 heterocycles. The zero-order valence-electron chi connectivity index (χ0n) is 18.1. The molecule has 1 aromatic rings. The smallest absolute Gasteiger partial charge is 0.387 e. The van der Waals surface area contributed by atoms with Crippen LogP contribution in [0.2, 0.25) is 0 Å². The Bertz CT molecular complexity index is 641. The molecule has 2 rings (SSSR count). The molecule has 1 saturated heterocycles. The molecule has 1 aromatic carbocycles. The van der Waals surface area contributed by atoms with E-state index in [1.165, 1.54) is 0 Å². The molecule has 9 heteroatoms. The maximum atomic E-state index is 12.7. The number of guanidine groups is 1. The summed E-state index contributed by atoms with van der Waals surface area (Å²) >= 11 is 0. The lowest BCUT2D eigenvalue weighted by Gasteiger charge is -2.32. The summed E-state index contributed by atoms with van der Waals surface area (Å²) in [6.45, 7) is 6.85. The van der Waals surface area contributed by atoms with Gasteiger partial charge in [0.2, 0.25) is 0 Å². The molecule has 0 saturated carbocycles. The van der Waals surface area contributed by atoms with E-state index in [4.69, 9.17) is 4.74 Å². The highest BCUT2D eigenvalue weighted by molar-refractivity contribution is 14.0. The maximum Gasteiger partial charge on any atom is 0.387 e. The van der Waals surface area contributed by atoms with Gasteiger partial charge < -0.3 is 25.0 Å². The first kappa shape index (κ1) is 26.8. The molecule has 0 aliphatic carbocycles. The van der Waals surface area contributed by atoms with E-state index in [0.717, 1.165) is 57.7 Å². The molecule has 0 atom stereocenters. The second-order valence-electron chi connectivity index (χ2n) is 7.34. The minimum Gasteiger partial charge on any atom is -0.434 e. The van der Waals surface area contributed by atoms with Crippen molar-refractivity contribution in [3.05, 3.63) is 29.3 Å². The van der Waals surface area contributed by atoms with Crippen molar-refractivity contribution in [1.29, 1.82) is 0 Å². The third-order valence-electron chi connectivity index (χ3n) is 5.06. The van der Waals surface area contributed by atoms with Crippen LogP contribution in [0.5, 0.6) is 5.75 Å². The molecule has 30 heavy (non-hydrogen) atoms. The Morgan fingerprint density at radius 1 is 1.27 bits per heavy atom. The summed E-state index contributed by atoms with van der Waals surface area (Å²) in [5, 5.41) is 6.63. The average Bonchev–Trinajstić information content (AvgIpc) is 2.70. The van der Waals surface area contributed by atoms with E-state index >= 15 is 0 Å². The number of benzene rings is 1. The fraction of sp³-hybridized carbons (Fsp3) is 0.667. The fourth-order valence-corrected chi connectivity index (χ4v) is 3.42. The zero-order valence-corrected chi connectivity index (χ0v) is 20.5. The standard InChI is InChI=1S/C21H34F2N4O2.HI/c1-4-24-21(25-14-17-7-9-27(10-8-17)11-12-28-3)26-15-18-13-16(2)5-6-19(18)29-20(22)23;/h5-6,13,17,20H,4,7-12,14-15H2,1-3H3,(H2,24,25,26);1H. The summed E-state index contributed by atoms with van der Waals surface area (Å²) < 4.78 is 35.1. The van der Waals surface area contributed by atoms with E-state index in [0.29, 0.717) is 17.4 Å². The fourth-order valence-electron chi connectivity index (χ4n) is 3.42. The molecule has 0 amide bonds. The summed E-state index contributed by atoms with van der Waals surface area (Å²) in [5.41, 5.74) is 1.63. The van der Waals surface area contributed by atoms with Gasteiger partial charge in [-0.3, -0.25) is 0 Å². The molecule has 2 N–H and O–H groups in total. The Labute approximate surface area is 195 Å². The quantitative estimate of drug-likeness (QED) is 0.270. The van der Waals surface area contributed by atoms with Crippen LogP contribution in [0.15, 0.2) is 23.2 Å². The van der Waals surface area contributed by atoms with Crippen molar-refractivity contribution in [2.24, 2.45) is 10.9 Å². The number of alkyl halides is 2.